The molecule has 1 aromatic rings. The van der Waals surface area contributed by atoms with Gasteiger partial charge in [0.1, 0.15) is 0 Å². The Kier molecular flexibility index (Phi) is 7.84. The van der Waals surface area contributed by atoms with E-state index in [1.807, 2.05) is 12.4 Å². The van der Waals surface area contributed by atoms with E-state index in [0.29, 0.717) is 5.88 Å². The van der Waals surface area contributed by atoms with Gasteiger partial charge in [-0.05, 0) is 39.0 Å². The molecule has 0 aromatic carbocycles. The topological polar surface area (TPSA) is 19.4 Å². The summed E-state index contributed by atoms with van der Waals surface area (Å²) in [5.74, 6) is 0.524. The highest BCUT2D eigenvalue weighted by Crippen LogP contribution is 2.21. The van der Waals surface area contributed by atoms with Gasteiger partial charge >= 0.3 is 0 Å². The van der Waals surface area contributed by atoms with Gasteiger partial charge in [-0.2, -0.15) is 0 Å². The van der Waals surface area contributed by atoms with Gasteiger partial charge in [-0.3, -0.25) is 4.98 Å². The number of hydrogen-bond acceptors (Lipinski definition) is 3. The van der Waals surface area contributed by atoms with Crippen molar-refractivity contribution in [3.05, 3.63) is 24.0 Å². The van der Waals surface area contributed by atoms with E-state index in [-0.39, 0.29) is 0 Å². The average Bonchev–Trinajstić information content (AvgIpc) is 2.48. The zero-order valence-electron chi connectivity index (χ0n) is 12.4. The molecule has 0 spiro atoms. The van der Waals surface area contributed by atoms with E-state index in [0.717, 1.165) is 38.3 Å². The minimum absolute atomic E-state index is 0.524. The highest BCUT2D eigenvalue weighted by atomic mass is 35.5. The molecule has 0 saturated heterocycles. The molecule has 1 aromatic heterocycles. The molecule has 0 radical (unpaired) electrons. The SMILES string of the molecule is CCN(CC)CCCN(CC)c1ccncc1CCl. The van der Waals surface area contributed by atoms with Crippen LogP contribution in [0.1, 0.15) is 32.8 Å². The van der Waals surface area contributed by atoms with Crippen LogP contribution in [0.25, 0.3) is 0 Å². The molecule has 0 fully saturated rings. The van der Waals surface area contributed by atoms with Crippen molar-refractivity contribution in [3.8, 4) is 0 Å². The number of anilines is 1. The Bertz CT molecular complexity index is 353. The van der Waals surface area contributed by atoms with Crippen molar-refractivity contribution in [3.63, 3.8) is 0 Å². The average molecular weight is 284 g/mol. The Hall–Kier alpha value is -0.800. The molecular weight excluding hydrogens is 258 g/mol. The first-order valence-electron chi connectivity index (χ1n) is 7.22. The first kappa shape index (κ1) is 16.3. The van der Waals surface area contributed by atoms with Crippen LogP contribution in [0.3, 0.4) is 0 Å². The molecule has 108 valence electrons. The molecule has 0 aliphatic carbocycles. The van der Waals surface area contributed by atoms with Crippen LogP contribution in [-0.2, 0) is 5.88 Å². The van der Waals surface area contributed by atoms with Gasteiger partial charge in [0.2, 0.25) is 0 Å². The molecule has 0 N–H and O–H groups in total. The van der Waals surface area contributed by atoms with Crippen LogP contribution in [0.5, 0.6) is 0 Å². The molecule has 0 aliphatic heterocycles. The first-order chi connectivity index (χ1) is 9.26. The van der Waals surface area contributed by atoms with Gasteiger partial charge in [-0.15, -0.1) is 11.6 Å². The Labute approximate surface area is 122 Å². The monoisotopic (exact) mass is 283 g/mol. The fraction of sp³-hybridized carbons (Fsp3) is 0.667. The summed E-state index contributed by atoms with van der Waals surface area (Å²) in [5, 5.41) is 0. The number of hydrogen-bond donors (Lipinski definition) is 0. The quantitative estimate of drug-likeness (QED) is 0.648. The number of halogens is 1. The van der Waals surface area contributed by atoms with E-state index in [1.54, 1.807) is 0 Å². The Morgan fingerprint density at radius 2 is 1.84 bits per heavy atom. The largest absolute Gasteiger partial charge is 0.371 e. The third-order valence-corrected chi connectivity index (χ3v) is 3.83. The Morgan fingerprint density at radius 1 is 1.11 bits per heavy atom. The maximum Gasteiger partial charge on any atom is 0.0509 e. The molecule has 19 heavy (non-hydrogen) atoms. The van der Waals surface area contributed by atoms with E-state index in [4.69, 9.17) is 11.6 Å². The van der Waals surface area contributed by atoms with Gasteiger partial charge in [-0.1, -0.05) is 13.8 Å². The zero-order chi connectivity index (χ0) is 14.1. The van der Waals surface area contributed by atoms with Crippen LogP contribution < -0.4 is 4.90 Å². The molecule has 0 aliphatic rings. The van der Waals surface area contributed by atoms with E-state index in [2.05, 4.69) is 41.6 Å². The molecule has 0 unspecified atom stereocenters. The van der Waals surface area contributed by atoms with Gasteiger partial charge in [0, 0.05) is 36.7 Å². The number of rotatable bonds is 9. The van der Waals surface area contributed by atoms with Crippen LogP contribution in [0.2, 0.25) is 0 Å². The van der Waals surface area contributed by atoms with Crippen LogP contribution in [0.15, 0.2) is 18.5 Å². The Morgan fingerprint density at radius 3 is 2.42 bits per heavy atom. The van der Waals surface area contributed by atoms with Crippen molar-refractivity contribution < 1.29 is 0 Å². The fourth-order valence-electron chi connectivity index (χ4n) is 2.31. The van der Waals surface area contributed by atoms with Gasteiger partial charge in [-0.25, -0.2) is 0 Å². The summed E-state index contributed by atoms with van der Waals surface area (Å²) in [6.07, 6.45) is 4.90. The maximum atomic E-state index is 5.99. The highest BCUT2D eigenvalue weighted by Gasteiger charge is 2.09. The van der Waals surface area contributed by atoms with Crippen molar-refractivity contribution in [2.24, 2.45) is 0 Å². The van der Waals surface area contributed by atoms with Crippen molar-refractivity contribution in [2.75, 3.05) is 37.6 Å². The summed E-state index contributed by atoms with van der Waals surface area (Å²) in [4.78, 5) is 9.00. The third kappa shape index (κ3) is 5.00. The first-order valence-corrected chi connectivity index (χ1v) is 7.76. The molecule has 1 heterocycles. The van der Waals surface area contributed by atoms with Crippen LogP contribution in [0, 0.1) is 0 Å². The highest BCUT2D eigenvalue weighted by molar-refractivity contribution is 6.17. The summed E-state index contributed by atoms with van der Waals surface area (Å²) in [6, 6.07) is 2.07. The summed E-state index contributed by atoms with van der Waals surface area (Å²) in [6.45, 7) is 12.1. The van der Waals surface area contributed by atoms with Crippen molar-refractivity contribution >= 4 is 17.3 Å². The summed E-state index contributed by atoms with van der Waals surface area (Å²) >= 11 is 5.99. The van der Waals surface area contributed by atoms with Crippen molar-refractivity contribution in [2.45, 2.75) is 33.1 Å². The molecule has 0 amide bonds. The van der Waals surface area contributed by atoms with Gasteiger partial charge in [0.25, 0.3) is 0 Å². The second kappa shape index (κ2) is 9.16. The van der Waals surface area contributed by atoms with E-state index in [9.17, 15) is 0 Å². The molecule has 3 nitrogen and oxygen atoms in total. The lowest BCUT2D eigenvalue weighted by Gasteiger charge is -2.26. The second-order valence-corrected chi connectivity index (χ2v) is 4.87. The molecule has 4 heteroatoms. The predicted octanol–water partition coefficient (Wildman–Crippen LogP) is 3.38. The van der Waals surface area contributed by atoms with Crippen LogP contribution in [-0.4, -0.2) is 42.6 Å². The smallest absolute Gasteiger partial charge is 0.0509 e. The van der Waals surface area contributed by atoms with Gasteiger partial charge in [0.05, 0.1) is 5.88 Å². The van der Waals surface area contributed by atoms with E-state index < -0.39 is 0 Å². The maximum absolute atomic E-state index is 5.99. The number of pyridine rings is 1. The number of aromatic nitrogens is 1. The molecule has 1 rings (SSSR count). The van der Waals surface area contributed by atoms with Crippen LogP contribution in [0.4, 0.5) is 5.69 Å². The molecule has 0 bridgehead atoms. The lowest BCUT2D eigenvalue weighted by Crippen LogP contribution is -2.30. The van der Waals surface area contributed by atoms with E-state index in [1.165, 1.54) is 12.1 Å². The Balaban J connectivity index is 2.58. The summed E-state index contributed by atoms with van der Waals surface area (Å²) < 4.78 is 0. The molecule has 0 atom stereocenters. The predicted molar refractivity (Wildman–Crippen MR) is 84.1 cm³/mol. The van der Waals surface area contributed by atoms with Gasteiger partial charge in [0.15, 0.2) is 0 Å². The second-order valence-electron chi connectivity index (χ2n) is 4.60. The van der Waals surface area contributed by atoms with Gasteiger partial charge < -0.3 is 9.80 Å². The van der Waals surface area contributed by atoms with Crippen LogP contribution >= 0.6 is 11.6 Å². The lowest BCUT2D eigenvalue weighted by molar-refractivity contribution is 0.300. The van der Waals surface area contributed by atoms with Crippen molar-refractivity contribution in [1.82, 2.24) is 9.88 Å². The van der Waals surface area contributed by atoms with Crippen molar-refractivity contribution in [1.29, 1.82) is 0 Å². The summed E-state index contributed by atoms with van der Waals surface area (Å²) in [5.41, 5.74) is 2.35. The zero-order valence-corrected chi connectivity index (χ0v) is 13.2. The fourth-order valence-corrected chi connectivity index (χ4v) is 2.51. The normalized spacial score (nSPS) is 11.0. The molecule has 0 saturated carbocycles. The minimum atomic E-state index is 0.524. The third-order valence-electron chi connectivity index (χ3n) is 3.54. The standard InChI is InChI=1S/C15H26ClN3/c1-4-18(5-2)10-7-11-19(6-3)15-8-9-17-13-14(15)12-16/h8-9,13H,4-7,10-12H2,1-3H3. The van der Waals surface area contributed by atoms with E-state index >= 15 is 0 Å². The minimum Gasteiger partial charge on any atom is -0.371 e. The number of nitrogens with zero attached hydrogens (tertiary/aromatic N) is 3. The number of alkyl halides is 1. The lowest BCUT2D eigenvalue weighted by atomic mass is 10.2. The summed E-state index contributed by atoms with van der Waals surface area (Å²) in [7, 11) is 0. The molecular formula is C15H26ClN3.